The minimum absolute atomic E-state index is 0.0938. The molecule has 0 spiro atoms. The molecule has 100 valence electrons. The molecule has 0 aliphatic heterocycles. The van der Waals surface area contributed by atoms with Crippen molar-refractivity contribution in [1.82, 2.24) is 0 Å². The number of rotatable bonds is 5. The van der Waals surface area contributed by atoms with Crippen molar-refractivity contribution in [2.45, 2.75) is 33.3 Å². The summed E-state index contributed by atoms with van der Waals surface area (Å²) in [6, 6.07) is 4.93. The molecule has 0 bridgehead atoms. The van der Waals surface area contributed by atoms with Gasteiger partial charge in [-0.05, 0) is 37.5 Å². The lowest BCUT2D eigenvalue weighted by Gasteiger charge is -2.18. The Kier molecular flexibility index (Phi) is 5.01. The molecule has 0 radical (unpaired) electrons. The third-order valence-electron chi connectivity index (χ3n) is 2.56. The molecular weight excluding hydrogens is 230 g/mol. The molecule has 1 aromatic rings. The first-order valence-electron chi connectivity index (χ1n) is 6.08. The van der Waals surface area contributed by atoms with E-state index in [2.05, 4.69) is 18.6 Å². The molecule has 2 N–H and O–H groups in total. The number of ether oxygens (including phenoxy) is 2. The van der Waals surface area contributed by atoms with Gasteiger partial charge in [0.25, 0.3) is 0 Å². The normalized spacial score (nSPS) is 12.3. The van der Waals surface area contributed by atoms with Gasteiger partial charge in [0.15, 0.2) is 0 Å². The maximum Gasteiger partial charge on any atom is 0.337 e. The third kappa shape index (κ3) is 3.95. The lowest BCUT2D eigenvalue weighted by molar-refractivity contribution is 0.0601. The van der Waals surface area contributed by atoms with E-state index in [4.69, 9.17) is 10.5 Å². The van der Waals surface area contributed by atoms with E-state index in [-0.39, 0.29) is 6.10 Å². The van der Waals surface area contributed by atoms with Crippen LogP contribution in [0, 0.1) is 5.92 Å². The smallest absolute Gasteiger partial charge is 0.337 e. The summed E-state index contributed by atoms with van der Waals surface area (Å²) < 4.78 is 10.4. The average molecular weight is 251 g/mol. The zero-order valence-electron chi connectivity index (χ0n) is 11.4. The number of hydrogen-bond acceptors (Lipinski definition) is 4. The van der Waals surface area contributed by atoms with Gasteiger partial charge in [0.2, 0.25) is 0 Å². The fraction of sp³-hybridized carbons (Fsp3) is 0.500. The quantitative estimate of drug-likeness (QED) is 0.645. The van der Waals surface area contributed by atoms with Crippen LogP contribution < -0.4 is 10.5 Å². The Morgan fingerprint density at radius 2 is 2.00 bits per heavy atom. The van der Waals surface area contributed by atoms with E-state index in [1.165, 1.54) is 7.11 Å². The summed E-state index contributed by atoms with van der Waals surface area (Å²) >= 11 is 0. The van der Waals surface area contributed by atoms with Crippen molar-refractivity contribution in [3.8, 4) is 5.75 Å². The van der Waals surface area contributed by atoms with E-state index in [9.17, 15) is 4.79 Å². The van der Waals surface area contributed by atoms with E-state index < -0.39 is 5.97 Å². The van der Waals surface area contributed by atoms with Crippen molar-refractivity contribution < 1.29 is 14.3 Å². The number of nitrogens with two attached hydrogens (primary N) is 1. The molecule has 1 rings (SSSR count). The van der Waals surface area contributed by atoms with Gasteiger partial charge in [-0.1, -0.05) is 13.8 Å². The maximum atomic E-state index is 11.3. The van der Waals surface area contributed by atoms with Crippen LogP contribution in [0.4, 0.5) is 5.69 Å². The molecule has 1 aromatic carbocycles. The van der Waals surface area contributed by atoms with Crippen LogP contribution in [0.25, 0.3) is 0 Å². The fourth-order valence-electron chi connectivity index (χ4n) is 1.83. The number of esters is 1. The van der Waals surface area contributed by atoms with E-state index in [1.807, 2.05) is 6.92 Å². The third-order valence-corrected chi connectivity index (χ3v) is 2.56. The van der Waals surface area contributed by atoms with Crippen molar-refractivity contribution in [2.24, 2.45) is 5.92 Å². The highest BCUT2D eigenvalue weighted by Gasteiger charge is 2.12. The lowest BCUT2D eigenvalue weighted by atomic mass is 10.1. The minimum Gasteiger partial charge on any atom is -0.489 e. The van der Waals surface area contributed by atoms with Gasteiger partial charge in [-0.25, -0.2) is 4.79 Å². The predicted octanol–water partition coefficient (Wildman–Crippen LogP) is 2.87. The zero-order chi connectivity index (χ0) is 13.7. The molecule has 1 unspecified atom stereocenters. The zero-order valence-corrected chi connectivity index (χ0v) is 11.4. The van der Waals surface area contributed by atoms with Crippen LogP contribution in [0.1, 0.15) is 37.6 Å². The second-order valence-electron chi connectivity index (χ2n) is 4.80. The maximum absolute atomic E-state index is 11.3. The van der Waals surface area contributed by atoms with Crippen LogP contribution >= 0.6 is 0 Å². The number of carbonyl (C=O) groups is 1. The molecule has 1 atom stereocenters. The highest BCUT2D eigenvalue weighted by atomic mass is 16.5. The van der Waals surface area contributed by atoms with Crippen molar-refractivity contribution in [1.29, 1.82) is 0 Å². The van der Waals surface area contributed by atoms with Gasteiger partial charge in [0, 0.05) is 0 Å². The van der Waals surface area contributed by atoms with Crippen molar-refractivity contribution in [2.75, 3.05) is 12.8 Å². The molecular formula is C14H21NO3. The largest absolute Gasteiger partial charge is 0.489 e. The Hall–Kier alpha value is -1.71. The predicted molar refractivity (Wildman–Crippen MR) is 71.7 cm³/mol. The summed E-state index contributed by atoms with van der Waals surface area (Å²) in [5, 5.41) is 0. The lowest BCUT2D eigenvalue weighted by Crippen LogP contribution is -2.15. The van der Waals surface area contributed by atoms with Gasteiger partial charge in [-0.15, -0.1) is 0 Å². The van der Waals surface area contributed by atoms with Gasteiger partial charge in [-0.2, -0.15) is 0 Å². The SMILES string of the molecule is COC(=O)c1ccc(OC(C)CC(C)C)c(N)c1. The molecule has 0 fully saturated rings. The monoisotopic (exact) mass is 251 g/mol. The van der Waals surface area contributed by atoms with Gasteiger partial charge < -0.3 is 15.2 Å². The number of anilines is 1. The Morgan fingerprint density at radius 3 is 2.50 bits per heavy atom. The highest BCUT2D eigenvalue weighted by Crippen LogP contribution is 2.25. The number of benzene rings is 1. The summed E-state index contributed by atoms with van der Waals surface area (Å²) in [5.41, 5.74) is 6.74. The Morgan fingerprint density at radius 1 is 1.33 bits per heavy atom. The summed E-state index contributed by atoms with van der Waals surface area (Å²) in [6.07, 6.45) is 1.05. The van der Waals surface area contributed by atoms with Gasteiger partial charge in [-0.3, -0.25) is 0 Å². The second-order valence-corrected chi connectivity index (χ2v) is 4.80. The van der Waals surface area contributed by atoms with E-state index in [0.717, 1.165) is 6.42 Å². The molecule has 0 saturated carbocycles. The van der Waals surface area contributed by atoms with Crippen LogP contribution in [-0.2, 0) is 4.74 Å². The second kappa shape index (κ2) is 6.28. The van der Waals surface area contributed by atoms with Gasteiger partial charge in [0.05, 0.1) is 24.5 Å². The molecule has 0 amide bonds. The van der Waals surface area contributed by atoms with E-state index >= 15 is 0 Å². The van der Waals surface area contributed by atoms with Crippen LogP contribution in [-0.4, -0.2) is 19.2 Å². The Balaban J connectivity index is 2.76. The minimum atomic E-state index is -0.400. The van der Waals surface area contributed by atoms with Crippen LogP contribution in [0.5, 0.6) is 5.75 Å². The Bertz CT molecular complexity index is 416. The van der Waals surface area contributed by atoms with Crippen molar-refractivity contribution >= 4 is 11.7 Å². The van der Waals surface area contributed by atoms with Crippen molar-refractivity contribution in [3.63, 3.8) is 0 Å². The number of methoxy groups -OCH3 is 1. The number of hydrogen-bond donors (Lipinski definition) is 1. The van der Waals surface area contributed by atoms with Crippen LogP contribution in [0.15, 0.2) is 18.2 Å². The summed E-state index contributed by atoms with van der Waals surface area (Å²) in [5.74, 6) is 0.773. The molecule has 0 heterocycles. The van der Waals surface area contributed by atoms with Crippen molar-refractivity contribution in [3.05, 3.63) is 23.8 Å². The summed E-state index contributed by atoms with van der Waals surface area (Å²) in [4.78, 5) is 11.3. The van der Waals surface area contributed by atoms with Crippen LogP contribution in [0.2, 0.25) is 0 Å². The summed E-state index contributed by atoms with van der Waals surface area (Å²) in [7, 11) is 1.34. The molecule has 18 heavy (non-hydrogen) atoms. The molecule has 0 aliphatic rings. The van der Waals surface area contributed by atoms with E-state index in [0.29, 0.717) is 22.9 Å². The molecule has 0 saturated heterocycles. The Labute approximate surface area is 108 Å². The summed E-state index contributed by atoms with van der Waals surface area (Å²) in [6.45, 7) is 6.29. The first kappa shape index (κ1) is 14.4. The first-order chi connectivity index (χ1) is 8.43. The van der Waals surface area contributed by atoms with Gasteiger partial charge in [0.1, 0.15) is 5.75 Å². The van der Waals surface area contributed by atoms with E-state index in [1.54, 1.807) is 18.2 Å². The average Bonchev–Trinajstić information content (AvgIpc) is 2.29. The first-order valence-corrected chi connectivity index (χ1v) is 6.08. The highest BCUT2D eigenvalue weighted by molar-refractivity contribution is 5.90. The standard InChI is InChI=1S/C14H21NO3/c1-9(2)7-10(3)18-13-6-5-11(8-12(13)15)14(16)17-4/h5-6,8-10H,7,15H2,1-4H3. The topological polar surface area (TPSA) is 61.5 Å². The van der Waals surface area contributed by atoms with Gasteiger partial charge >= 0.3 is 5.97 Å². The number of nitrogen functional groups attached to an aromatic ring is 1. The molecule has 0 aromatic heterocycles. The molecule has 4 heteroatoms. The molecule has 0 aliphatic carbocycles. The fourth-order valence-corrected chi connectivity index (χ4v) is 1.83. The van der Waals surface area contributed by atoms with Crippen LogP contribution in [0.3, 0.4) is 0 Å². The number of carbonyl (C=O) groups excluding carboxylic acids is 1. The molecule has 4 nitrogen and oxygen atoms in total.